The van der Waals surface area contributed by atoms with Crippen molar-refractivity contribution in [3.8, 4) is 5.75 Å². The highest BCUT2D eigenvalue weighted by Gasteiger charge is 2.34. The maximum Gasteiger partial charge on any atom is 0.263 e. The van der Waals surface area contributed by atoms with Crippen molar-refractivity contribution in [2.24, 2.45) is 0 Å². The lowest BCUT2D eigenvalue weighted by molar-refractivity contribution is -0.152. The van der Waals surface area contributed by atoms with Crippen LogP contribution in [0.25, 0.3) is 0 Å². The summed E-state index contributed by atoms with van der Waals surface area (Å²) in [7, 11) is 1.65. The first-order valence-corrected chi connectivity index (χ1v) is 8.48. The summed E-state index contributed by atoms with van der Waals surface area (Å²) in [5.41, 5.74) is 1.35. The maximum absolute atomic E-state index is 12.4. The molecule has 0 bridgehead atoms. The number of carbonyl (C=O) groups is 1. The van der Waals surface area contributed by atoms with Crippen molar-refractivity contribution in [1.29, 1.82) is 0 Å². The molecule has 1 saturated heterocycles. The van der Waals surface area contributed by atoms with Crippen molar-refractivity contribution in [2.75, 3.05) is 33.4 Å². The number of likely N-dealkylation sites (tertiary alicyclic amines) is 1. The van der Waals surface area contributed by atoms with Crippen LogP contribution in [0, 0.1) is 0 Å². The van der Waals surface area contributed by atoms with Crippen LogP contribution in [0.4, 0.5) is 0 Å². The number of methoxy groups -OCH3 is 1. The first kappa shape index (κ1) is 18.7. The first-order valence-electron chi connectivity index (χ1n) is 8.48. The Hall–Kier alpha value is -1.59. The van der Waals surface area contributed by atoms with Crippen LogP contribution in [0.1, 0.15) is 33.3 Å². The number of amides is 1. The predicted molar refractivity (Wildman–Crippen MR) is 93.4 cm³/mol. The second kappa shape index (κ2) is 7.99. The fraction of sp³-hybridized carbons (Fsp3) is 0.632. The van der Waals surface area contributed by atoms with E-state index in [9.17, 15) is 4.79 Å². The SMILES string of the molecule is COCCOC1CN(C(=O)[C@H](C)Oc2ccc(C(C)(C)C)cc2)C1. The van der Waals surface area contributed by atoms with Gasteiger partial charge in [-0.1, -0.05) is 32.9 Å². The van der Waals surface area contributed by atoms with Crippen molar-refractivity contribution in [1.82, 2.24) is 4.90 Å². The fourth-order valence-corrected chi connectivity index (χ4v) is 2.57. The molecule has 0 saturated carbocycles. The molecule has 0 radical (unpaired) electrons. The zero-order chi connectivity index (χ0) is 17.7. The van der Waals surface area contributed by atoms with Gasteiger partial charge in [-0.25, -0.2) is 0 Å². The van der Waals surface area contributed by atoms with E-state index < -0.39 is 6.10 Å². The van der Waals surface area contributed by atoms with Crippen LogP contribution >= 0.6 is 0 Å². The number of ether oxygens (including phenoxy) is 3. The second-order valence-electron chi connectivity index (χ2n) is 7.26. The van der Waals surface area contributed by atoms with Gasteiger partial charge in [0.25, 0.3) is 5.91 Å². The molecule has 0 N–H and O–H groups in total. The summed E-state index contributed by atoms with van der Waals surface area (Å²) in [5, 5.41) is 0. The summed E-state index contributed by atoms with van der Waals surface area (Å²) >= 11 is 0. The molecule has 0 unspecified atom stereocenters. The van der Waals surface area contributed by atoms with E-state index in [0.717, 1.165) is 5.75 Å². The predicted octanol–water partition coefficient (Wildman–Crippen LogP) is 2.63. The Morgan fingerprint density at radius 3 is 2.38 bits per heavy atom. The molecule has 5 nitrogen and oxygen atoms in total. The summed E-state index contributed by atoms with van der Waals surface area (Å²) in [5.74, 6) is 0.721. The maximum atomic E-state index is 12.4. The van der Waals surface area contributed by atoms with Gasteiger partial charge in [-0.15, -0.1) is 0 Å². The van der Waals surface area contributed by atoms with Crippen LogP contribution in [-0.2, 0) is 19.7 Å². The molecule has 1 aromatic rings. The van der Waals surface area contributed by atoms with Crippen LogP contribution in [0.5, 0.6) is 5.75 Å². The third-order valence-corrected chi connectivity index (χ3v) is 4.18. The number of hydrogen-bond donors (Lipinski definition) is 0. The van der Waals surface area contributed by atoms with E-state index in [2.05, 4.69) is 32.9 Å². The van der Waals surface area contributed by atoms with Gasteiger partial charge in [0.1, 0.15) is 5.75 Å². The Morgan fingerprint density at radius 1 is 1.21 bits per heavy atom. The van der Waals surface area contributed by atoms with Crippen LogP contribution in [-0.4, -0.2) is 56.4 Å². The lowest BCUT2D eigenvalue weighted by Crippen LogP contribution is -2.57. The van der Waals surface area contributed by atoms with Crippen molar-refractivity contribution in [3.05, 3.63) is 29.8 Å². The van der Waals surface area contributed by atoms with E-state index >= 15 is 0 Å². The van der Waals surface area contributed by atoms with E-state index in [-0.39, 0.29) is 17.4 Å². The summed E-state index contributed by atoms with van der Waals surface area (Å²) in [6, 6.07) is 7.96. The molecule has 2 rings (SSSR count). The fourth-order valence-electron chi connectivity index (χ4n) is 2.57. The minimum Gasteiger partial charge on any atom is -0.481 e. The molecule has 134 valence electrons. The van der Waals surface area contributed by atoms with Gasteiger partial charge < -0.3 is 19.1 Å². The monoisotopic (exact) mass is 335 g/mol. The molecule has 0 spiro atoms. The van der Waals surface area contributed by atoms with Gasteiger partial charge in [0.05, 0.1) is 19.3 Å². The molecule has 5 heteroatoms. The molecule has 1 aliphatic heterocycles. The van der Waals surface area contributed by atoms with Crippen molar-refractivity contribution >= 4 is 5.91 Å². The van der Waals surface area contributed by atoms with Crippen molar-refractivity contribution < 1.29 is 19.0 Å². The van der Waals surface area contributed by atoms with E-state index in [4.69, 9.17) is 14.2 Å². The average molecular weight is 335 g/mol. The van der Waals surface area contributed by atoms with E-state index in [1.54, 1.807) is 18.9 Å². The standard InChI is InChI=1S/C19H29NO4/c1-14(18(21)20-12-17(13-20)23-11-10-22-5)24-16-8-6-15(7-9-16)19(2,3)4/h6-9,14,17H,10-13H2,1-5H3/t14-/m0/s1. The third kappa shape index (κ3) is 4.95. The van der Waals surface area contributed by atoms with Crippen LogP contribution in [0.3, 0.4) is 0 Å². The molecule has 24 heavy (non-hydrogen) atoms. The van der Waals surface area contributed by atoms with Crippen molar-refractivity contribution in [3.63, 3.8) is 0 Å². The molecule has 1 amide bonds. The lowest BCUT2D eigenvalue weighted by atomic mass is 9.87. The summed E-state index contributed by atoms with van der Waals surface area (Å²) in [4.78, 5) is 14.1. The number of nitrogens with zero attached hydrogens (tertiary/aromatic N) is 1. The first-order chi connectivity index (χ1) is 11.3. The zero-order valence-corrected chi connectivity index (χ0v) is 15.4. The minimum atomic E-state index is -0.495. The van der Waals surface area contributed by atoms with E-state index in [0.29, 0.717) is 26.3 Å². The lowest BCUT2D eigenvalue weighted by Gasteiger charge is -2.40. The van der Waals surface area contributed by atoms with Gasteiger partial charge in [0.15, 0.2) is 6.10 Å². The molecule has 1 aromatic carbocycles. The highest BCUT2D eigenvalue weighted by molar-refractivity contribution is 5.81. The Kier molecular flexibility index (Phi) is 6.24. The molecular formula is C19H29NO4. The highest BCUT2D eigenvalue weighted by atomic mass is 16.5. The summed E-state index contributed by atoms with van der Waals surface area (Å²) < 4.78 is 16.3. The zero-order valence-electron chi connectivity index (χ0n) is 15.4. The quantitative estimate of drug-likeness (QED) is 0.719. The Balaban J connectivity index is 1.78. The highest BCUT2D eigenvalue weighted by Crippen LogP contribution is 2.25. The minimum absolute atomic E-state index is 0.00138. The summed E-state index contributed by atoms with van der Waals surface area (Å²) in [6.45, 7) is 10.7. The molecule has 0 aliphatic carbocycles. The second-order valence-corrected chi connectivity index (χ2v) is 7.26. The van der Waals surface area contributed by atoms with Crippen LogP contribution in [0.15, 0.2) is 24.3 Å². The molecule has 1 fully saturated rings. The Labute approximate surface area is 144 Å². The van der Waals surface area contributed by atoms with Gasteiger partial charge in [0.2, 0.25) is 0 Å². The molecule has 1 heterocycles. The topological polar surface area (TPSA) is 48.0 Å². The van der Waals surface area contributed by atoms with Crippen molar-refractivity contribution in [2.45, 2.75) is 45.3 Å². The number of rotatable bonds is 7. The Morgan fingerprint density at radius 2 is 1.83 bits per heavy atom. The summed E-state index contributed by atoms with van der Waals surface area (Å²) in [6.07, 6.45) is -0.382. The molecule has 1 aliphatic rings. The number of carbonyl (C=O) groups excluding carboxylic acids is 1. The van der Waals surface area contributed by atoms with Gasteiger partial charge in [-0.05, 0) is 30.0 Å². The van der Waals surface area contributed by atoms with E-state index in [1.165, 1.54) is 5.56 Å². The van der Waals surface area contributed by atoms with Gasteiger partial charge in [0, 0.05) is 20.2 Å². The van der Waals surface area contributed by atoms with Crippen LogP contribution in [0.2, 0.25) is 0 Å². The Bertz CT molecular complexity index is 529. The largest absolute Gasteiger partial charge is 0.481 e. The van der Waals surface area contributed by atoms with E-state index in [1.807, 2.05) is 12.1 Å². The third-order valence-electron chi connectivity index (χ3n) is 4.18. The number of benzene rings is 1. The normalized spacial score (nSPS) is 16.6. The number of hydrogen-bond acceptors (Lipinski definition) is 4. The smallest absolute Gasteiger partial charge is 0.263 e. The van der Waals surface area contributed by atoms with Gasteiger partial charge in [-0.2, -0.15) is 0 Å². The van der Waals surface area contributed by atoms with Crippen LogP contribution < -0.4 is 4.74 Å². The van der Waals surface area contributed by atoms with Gasteiger partial charge >= 0.3 is 0 Å². The average Bonchev–Trinajstić information content (AvgIpc) is 2.48. The molecular weight excluding hydrogens is 306 g/mol. The molecule has 0 aromatic heterocycles. The molecule has 1 atom stereocenters. The van der Waals surface area contributed by atoms with Gasteiger partial charge in [-0.3, -0.25) is 4.79 Å².